The summed E-state index contributed by atoms with van der Waals surface area (Å²) in [4.78, 5) is 11.2. The molecule has 0 aromatic heterocycles. The molecule has 1 amide bonds. The Kier molecular flexibility index (Phi) is 4.41. The van der Waals surface area contributed by atoms with Crippen LogP contribution in [0.15, 0.2) is 12.1 Å². The Morgan fingerprint density at radius 3 is 2.81 bits per heavy atom. The van der Waals surface area contributed by atoms with E-state index in [1.165, 1.54) is 19.2 Å². The second kappa shape index (κ2) is 5.59. The second-order valence-corrected chi connectivity index (χ2v) is 3.70. The van der Waals surface area contributed by atoms with Crippen LogP contribution in [-0.2, 0) is 4.79 Å². The number of nitrogens with one attached hydrogen (secondary N) is 1. The third kappa shape index (κ3) is 3.02. The number of carbonyl (C=O) groups is 1. The van der Waals surface area contributed by atoms with E-state index in [0.717, 1.165) is 0 Å². The summed E-state index contributed by atoms with van der Waals surface area (Å²) >= 11 is 11.7. The maximum atomic E-state index is 11.2. The summed E-state index contributed by atoms with van der Waals surface area (Å²) in [6.45, 7) is 0. The topological polar surface area (TPSA) is 62.1 Å². The molecule has 0 saturated carbocycles. The zero-order valence-corrected chi connectivity index (χ0v) is 9.89. The predicted octanol–water partition coefficient (Wildman–Crippen LogP) is 2.85. The second-order valence-electron chi connectivity index (χ2n) is 2.85. The summed E-state index contributed by atoms with van der Waals surface area (Å²) in [7, 11) is 1.43. The van der Waals surface area contributed by atoms with Gasteiger partial charge in [-0.3, -0.25) is 4.79 Å². The van der Waals surface area contributed by atoms with E-state index in [1.54, 1.807) is 6.07 Å². The molecule has 0 atom stereocenters. The van der Waals surface area contributed by atoms with Crippen LogP contribution in [-0.4, -0.2) is 13.0 Å². The molecule has 0 bridgehead atoms. The Hall–Kier alpha value is -1.44. The molecule has 6 heteroatoms. The van der Waals surface area contributed by atoms with Crippen molar-refractivity contribution in [2.45, 2.75) is 6.42 Å². The Bertz CT molecular complexity index is 455. The number of ether oxygens (including phenoxy) is 1. The molecule has 1 N–H and O–H groups in total. The summed E-state index contributed by atoms with van der Waals surface area (Å²) in [5.74, 6) is -0.128. The van der Waals surface area contributed by atoms with Gasteiger partial charge in [-0.1, -0.05) is 23.2 Å². The van der Waals surface area contributed by atoms with Crippen molar-refractivity contribution >= 4 is 34.8 Å². The lowest BCUT2D eigenvalue weighted by Crippen LogP contribution is -2.11. The highest BCUT2D eigenvalue weighted by Crippen LogP contribution is 2.35. The molecule has 0 heterocycles. The van der Waals surface area contributed by atoms with Crippen LogP contribution >= 0.6 is 23.2 Å². The number of methoxy groups -OCH3 is 1. The Morgan fingerprint density at radius 1 is 1.56 bits per heavy atom. The first-order valence-electron chi connectivity index (χ1n) is 4.28. The van der Waals surface area contributed by atoms with E-state index in [0.29, 0.717) is 21.5 Å². The van der Waals surface area contributed by atoms with E-state index < -0.39 is 5.91 Å². The lowest BCUT2D eigenvalue weighted by molar-refractivity contribution is -0.115. The first-order valence-corrected chi connectivity index (χ1v) is 5.04. The van der Waals surface area contributed by atoms with E-state index in [9.17, 15) is 4.79 Å². The number of amides is 1. The molecule has 0 spiro atoms. The molecular weight excluding hydrogens is 251 g/mol. The van der Waals surface area contributed by atoms with Gasteiger partial charge in [0.2, 0.25) is 5.91 Å². The first kappa shape index (κ1) is 12.6. The molecule has 1 aromatic rings. The van der Waals surface area contributed by atoms with Crippen molar-refractivity contribution in [2.75, 3.05) is 12.4 Å². The van der Waals surface area contributed by atoms with Gasteiger partial charge in [-0.05, 0) is 12.1 Å². The van der Waals surface area contributed by atoms with Crippen LogP contribution in [0, 0.1) is 11.3 Å². The number of halogens is 2. The van der Waals surface area contributed by atoms with Crippen LogP contribution in [0.1, 0.15) is 6.42 Å². The van der Waals surface area contributed by atoms with Gasteiger partial charge in [-0.2, -0.15) is 5.26 Å². The number of anilines is 1. The van der Waals surface area contributed by atoms with Crippen molar-refractivity contribution in [1.29, 1.82) is 5.26 Å². The maximum Gasteiger partial charge on any atom is 0.238 e. The summed E-state index contributed by atoms with van der Waals surface area (Å²) in [6, 6.07) is 4.74. The standard InChI is InChI=1S/C10H8Cl2N2O2/c1-16-10-7(12)4-6(11)5-8(10)14-9(15)2-3-13/h4-5H,2H2,1H3,(H,14,15). The molecule has 0 aliphatic rings. The number of nitrogens with zero attached hydrogens (tertiary/aromatic N) is 1. The zero-order valence-electron chi connectivity index (χ0n) is 8.38. The fourth-order valence-corrected chi connectivity index (χ4v) is 1.70. The molecule has 0 unspecified atom stereocenters. The molecule has 0 aliphatic carbocycles. The molecule has 0 radical (unpaired) electrons. The van der Waals surface area contributed by atoms with Crippen molar-refractivity contribution in [3.05, 3.63) is 22.2 Å². The van der Waals surface area contributed by atoms with Crippen LogP contribution < -0.4 is 10.1 Å². The summed E-state index contributed by atoms with van der Waals surface area (Å²) in [5.41, 5.74) is 0.347. The van der Waals surface area contributed by atoms with Gasteiger partial charge in [0.15, 0.2) is 5.75 Å². The molecule has 16 heavy (non-hydrogen) atoms. The van der Waals surface area contributed by atoms with Crippen LogP contribution in [0.3, 0.4) is 0 Å². The molecule has 0 fully saturated rings. The minimum Gasteiger partial charge on any atom is -0.493 e. The third-order valence-electron chi connectivity index (χ3n) is 1.73. The van der Waals surface area contributed by atoms with Gasteiger partial charge >= 0.3 is 0 Å². The number of rotatable bonds is 3. The van der Waals surface area contributed by atoms with Gasteiger partial charge in [0.25, 0.3) is 0 Å². The highest BCUT2D eigenvalue weighted by Gasteiger charge is 2.12. The first-order chi connectivity index (χ1) is 7.58. The van der Waals surface area contributed by atoms with Crippen LogP contribution in [0.5, 0.6) is 5.75 Å². The molecule has 0 saturated heterocycles. The van der Waals surface area contributed by atoms with Crippen molar-refractivity contribution in [3.8, 4) is 11.8 Å². The average Bonchev–Trinajstić information content (AvgIpc) is 2.17. The van der Waals surface area contributed by atoms with E-state index in [2.05, 4.69) is 5.32 Å². The van der Waals surface area contributed by atoms with Crippen LogP contribution in [0.2, 0.25) is 10.0 Å². The molecular formula is C10H8Cl2N2O2. The van der Waals surface area contributed by atoms with Crippen molar-refractivity contribution < 1.29 is 9.53 Å². The monoisotopic (exact) mass is 258 g/mol. The fourth-order valence-electron chi connectivity index (χ4n) is 1.13. The third-order valence-corrected chi connectivity index (χ3v) is 2.23. The van der Waals surface area contributed by atoms with Gasteiger partial charge in [-0.15, -0.1) is 0 Å². The van der Waals surface area contributed by atoms with Gasteiger partial charge in [0.05, 0.1) is 23.9 Å². The maximum absolute atomic E-state index is 11.2. The normalized spacial score (nSPS) is 9.38. The fraction of sp³-hybridized carbons (Fsp3) is 0.200. The number of hydrogen-bond acceptors (Lipinski definition) is 3. The van der Waals surface area contributed by atoms with Crippen molar-refractivity contribution in [3.63, 3.8) is 0 Å². The summed E-state index contributed by atoms with van der Waals surface area (Å²) in [5, 5.41) is 11.5. The highest BCUT2D eigenvalue weighted by molar-refractivity contribution is 6.36. The molecule has 0 aliphatic heterocycles. The molecule has 1 aromatic carbocycles. The van der Waals surface area contributed by atoms with Gasteiger partial charge in [0.1, 0.15) is 6.42 Å². The number of carbonyl (C=O) groups excluding carboxylic acids is 1. The Morgan fingerprint density at radius 2 is 2.25 bits per heavy atom. The Labute approximate surface area is 103 Å². The minimum atomic E-state index is -0.445. The number of benzene rings is 1. The highest BCUT2D eigenvalue weighted by atomic mass is 35.5. The van der Waals surface area contributed by atoms with Gasteiger partial charge in [0, 0.05) is 5.02 Å². The number of nitriles is 1. The van der Waals surface area contributed by atoms with E-state index in [4.69, 9.17) is 33.2 Å². The molecule has 4 nitrogen and oxygen atoms in total. The van der Waals surface area contributed by atoms with Gasteiger partial charge in [-0.25, -0.2) is 0 Å². The summed E-state index contributed by atoms with van der Waals surface area (Å²) in [6.07, 6.45) is -0.243. The lowest BCUT2D eigenvalue weighted by atomic mass is 10.2. The van der Waals surface area contributed by atoms with E-state index in [1.807, 2.05) is 0 Å². The summed E-state index contributed by atoms with van der Waals surface area (Å²) < 4.78 is 5.02. The number of hydrogen-bond donors (Lipinski definition) is 1. The lowest BCUT2D eigenvalue weighted by Gasteiger charge is -2.11. The van der Waals surface area contributed by atoms with Crippen molar-refractivity contribution in [2.24, 2.45) is 0 Å². The largest absolute Gasteiger partial charge is 0.493 e. The quantitative estimate of drug-likeness (QED) is 0.907. The molecule has 1 rings (SSSR count). The zero-order chi connectivity index (χ0) is 12.1. The predicted molar refractivity (Wildman–Crippen MR) is 61.9 cm³/mol. The molecule has 84 valence electrons. The van der Waals surface area contributed by atoms with E-state index in [-0.39, 0.29) is 6.42 Å². The smallest absolute Gasteiger partial charge is 0.238 e. The average molecular weight is 259 g/mol. The van der Waals surface area contributed by atoms with E-state index >= 15 is 0 Å². The Balaban J connectivity index is 3.03. The minimum absolute atomic E-state index is 0.243. The SMILES string of the molecule is COc1c(Cl)cc(Cl)cc1NC(=O)CC#N. The van der Waals surface area contributed by atoms with Crippen LogP contribution in [0.25, 0.3) is 0 Å². The van der Waals surface area contributed by atoms with Gasteiger partial charge < -0.3 is 10.1 Å². The van der Waals surface area contributed by atoms with Crippen LogP contribution in [0.4, 0.5) is 5.69 Å². The van der Waals surface area contributed by atoms with Crippen molar-refractivity contribution in [1.82, 2.24) is 0 Å².